The van der Waals surface area contributed by atoms with Crippen molar-refractivity contribution < 1.29 is 14.3 Å². The normalized spacial score (nSPS) is 18.4. The first kappa shape index (κ1) is 14.5. The fourth-order valence-electron chi connectivity index (χ4n) is 2.41. The molecule has 0 unspecified atom stereocenters. The lowest BCUT2D eigenvalue weighted by Crippen LogP contribution is -2.28. The molecule has 2 rings (SSSR count). The van der Waals surface area contributed by atoms with Crippen LogP contribution in [0.5, 0.6) is 0 Å². The number of likely N-dealkylation sites (tertiary alicyclic amines) is 1. The fourth-order valence-corrected chi connectivity index (χ4v) is 2.41. The smallest absolute Gasteiger partial charge is 0.229 e. The predicted octanol–water partition coefficient (Wildman–Crippen LogP) is 1.64. The predicted molar refractivity (Wildman–Crippen MR) is 76.1 cm³/mol. The van der Waals surface area contributed by atoms with E-state index in [1.165, 1.54) is 0 Å². The molecule has 1 atom stereocenters. The molecule has 108 valence electrons. The van der Waals surface area contributed by atoms with E-state index in [4.69, 9.17) is 4.74 Å². The van der Waals surface area contributed by atoms with Gasteiger partial charge in [-0.1, -0.05) is 18.2 Å². The maximum atomic E-state index is 12.2. The Morgan fingerprint density at radius 2 is 2.20 bits per heavy atom. The van der Waals surface area contributed by atoms with Crippen LogP contribution in [0.15, 0.2) is 24.3 Å². The highest BCUT2D eigenvalue weighted by Gasteiger charge is 2.33. The SMILES string of the molecule is CCN1C[C@H](C(=O)Nc2ccccc2COC)CC1=O. The summed E-state index contributed by atoms with van der Waals surface area (Å²) in [7, 11) is 1.62. The Hall–Kier alpha value is -1.88. The summed E-state index contributed by atoms with van der Waals surface area (Å²) in [4.78, 5) is 25.6. The maximum Gasteiger partial charge on any atom is 0.229 e. The highest BCUT2D eigenvalue weighted by molar-refractivity contribution is 5.97. The zero-order valence-corrected chi connectivity index (χ0v) is 11.9. The lowest BCUT2D eigenvalue weighted by Gasteiger charge is -2.15. The van der Waals surface area contributed by atoms with Crippen molar-refractivity contribution in [3.05, 3.63) is 29.8 Å². The molecule has 20 heavy (non-hydrogen) atoms. The molecule has 2 amide bonds. The van der Waals surface area contributed by atoms with Gasteiger partial charge < -0.3 is 15.0 Å². The molecule has 1 N–H and O–H groups in total. The summed E-state index contributed by atoms with van der Waals surface area (Å²) >= 11 is 0. The Bertz CT molecular complexity index is 502. The molecule has 1 aliphatic heterocycles. The highest BCUT2D eigenvalue weighted by atomic mass is 16.5. The number of rotatable bonds is 5. The fraction of sp³-hybridized carbons (Fsp3) is 0.467. The average Bonchev–Trinajstić information content (AvgIpc) is 2.82. The number of anilines is 1. The van der Waals surface area contributed by atoms with Crippen molar-refractivity contribution in [2.45, 2.75) is 20.0 Å². The van der Waals surface area contributed by atoms with E-state index in [1.807, 2.05) is 31.2 Å². The molecular formula is C15H20N2O3. The largest absolute Gasteiger partial charge is 0.380 e. The quantitative estimate of drug-likeness (QED) is 0.889. The first-order chi connectivity index (χ1) is 9.65. The third-order valence-electron chi connectivity index (χ3n) is 3.54. The third-order valence-corrected chi connectivity index (χ3v) is 3.54. The Morgan fingerprint density at radius 1 is 1.45 bits per heavy atom. The van der Waals surface area contributed by atoms with E-state index in [2.05, 4.69) is 5.32 Å². The second-order valence-corrected chi connectivity index (χ2v) is 4.91. The Labute approximate surface area is 118 Å². The molecule has 1 heterocycles. The van der Waals surface area contributed by atoms with E-state index < -0.39 is 0 Å². The second-order valence-electron chi connectivity index (χ2n) is 4.91. The summed E-state index contributed by atoms with van der Waals surface area (Å²) in [6.45, 7) is 3.53. The van der Waals surface area contributed by atoms with Crippen LogP contribution in [0.4, 0.5) is 5.69 Å². The van der Waals surface area contributed by atoms with E-state index >= 15 is 0 Å². The van der Waals surface area contributed by atoms with Gasteiger partial charge in [0.05, 0.1) is 12.5 Å². The van der Waals surface area contributed by atoms with Crippen molar-refractivity contribution in [3.8, 4) is 0 Å². The van der Waals surface area contributed by atoms with Crippen LogP contribution in [0.1, 0.15) is 18.9 Å². The summed E-state index contributed by atoms with van der Waals surface area (Å²) in [5.41, 5.74) is 1.68. The third kappa shape index (κ3) is 3.17. The van der Waals surface area contributed by atoms with Gasteiger partial charge in [-0.25, -0.2) is 0 Å². The molecule has 0 bridgehead atoms. The van der Waals surface area contributed by atoms with Crippen molar-refractivity contribution in [2.24, 2.45) is 5.92 Å². The van der Waals surface area contributed by atoms with Crippen LogP contribution in [0.25, 0.3) is 0 Å². The van der Waals surface area contributed by atoms with Crippen molar-refractivity contribution in [3.63, 3.8) is 0 Å². The van der Waals surface area contributed by atoms with Gasteiger partial charge in [0.1, 0.15) is 0 Å². The molecule has 0 saturated carbocycles. The molecule has 5 nitrogen and oxygen atoms in total. The Balaban J connectivity index is 2.03. The minimum Gasteiger partial charge on any atom is -0.380 e. The van der Waals surface area contributed by atoms with Gasteiger partial charge in [0, 0.05) is 37.9 Å². The van der Waals surface area contributed by atoms with Crippen molar-refractivity contribution in [1.29, 1.82) is 0 Å². The second kappa shape index (κ2) is 6.52. The van der Waals surface area contributed by atoms with Crippen LogP contribution in [0.2, 0.25) is 0 Å². The van der Waals surface area contributed by atoms with Crippen LogP contribution in [0, 0.1) is 5.92 Å². The van der Waals surface area contributed by atoms with Crippen LogP contribution in [-0.4, -0.2) is 36.9 Å². The maximum absolute atomic E-state index is 12.2. The number of carbonyl (C=O) groups excluding carboxylic acids is 2. The number of benzene rings is 1. The van der Waals surface area contributed by atoms with E-state index in [-0.39, 0.29) is 17.7 Å². The topological polar surface area (TPSA) is 58.6 Å². The number of nitrogens with zero attached hydrogens (tertiary/aromatic N) is 1. The van der Waals surface area contributed by atoms with Crippen LogP contribution in [0.3, 0.4) is 0 Å². The number of ether oxygens (including phenoxy) is 1. The van der Waals surface area contributed by atoms with E-state index in [0.29, 0.717) is 26.1 Å². The van der Waals surface area contributed by atoms with Gasteiger partial charge in [0.2, 0.25) is 11.8 Å². The van der Waals surface area contributed by atoms with Gasteiger partial charge >= 0.3 is 0 Å². The molecule has 0 radical (unpaired) electrons. The van der Waals surface area contributed by atoms with E-state index in [0.717, 1.165) is 11.3 Å². The molecule has 1 aromatic carbocycles. The molecular weight excluding hydrogens is 256 g/mol. The lowest BCUT2D eigenvalue weighted by molar-refractivity contribution is -0.128. The molecule has 1 saturated heterocycles. The van der Waals surface area contributed by atoms with E-state index in [9.17, 15) is 9.59 Å². The molecule has 1 aliphatic rings. The number of amides is 2. The van der Waals surface area contributed by atoms with Crippen molar-refractivity contribution in [1.82, 2.24) is 4.90 Å². The van der Waals surface area contributed by atoms with Gasteiger partial charge in [-0.3, -0.25) is 9.59 Å². The monoisotopic (exact) mass is 276 g/mol. The first-order valence-electron chi connectivity index (χ1n) is 6.81. The minimum atomic E-state index is -0.266. The molecule has 0 aromatic heterocycles. The molecule has 0 aliphatic carbocycles. The summed E-state index contributed by atoms with van der Waals surface area (Å²) in [5.74, 6) is -0.311. The summed E-state index contributed by atoms with van der Waals surface area (Å²) in [6.07, 6.45) is 0.298. The summed E-state index contributed by atoms with van der Waals surface area (Å²) in [6, 6.07) is 7.53. The average molecular weight is 276 g/mol. The lowest BCUT2D eigenvalue weighted by atomic mass is 10.1. The van der Waals surface area contributed by atoms with Gasteiger partial charge in [0.15, 0.2) is 0 Å². The summed E-state index contributed by atoms with van der Waals surface area (Å²) in [5, 5.41) is 2.90. The van der Waals surface area contributed by atoms with Gasteiger partial charge in [-0.2, -0.15) is 0 Å². The molecule has 1 fully saturated rings. The number of hydrogen-bond acceptors (Lipinski definition) is 3. The van der Waals surface area contributed by atoms with Gasteiger partial charge in [-0.15, -0.1) is 0 Å². The molecule has 5 heteroatoms. The highest BCUT2D eigenvalue weighted by Crippen LogP contribution is 2.21. The van der Waals surface area contributed by atoms with Gasteiger partial charge in [-0.05, 0) is 13.0 Å². The van der Waals surface area contributed by atoms with Crippen molar-refractivity contribution in [2.75, 3.05) is 25.5 Å². The van der Waals surface area contributed by atoms with E-state index in [1.54, 1.807) is 12.0 Å². The summed E-state index contributed by atoms with van der Waals surface area (Å²) < 4.78 is 5.11. The molecule has 0 spiro atoms. The zero-order chi connectivity index (χ0) is 14.5. The number of methoxy groups -OCH3 is 1. The Morgan fingerprint density at radius 3 is 2.85 bits per heavy atom. The van der Waals surface area contributed by atoms with Crippen LogP contribution < -0.4 is 5.32 Å². The zero-order valence-electron chi connectivity index (χ0n) is 11.9. The standard InChI is InChI=1S/C15H20N2O3/c1-3-17-9-12(8-14(17)18)15(19)16-13-7-5-4-6-11(13)10-20-2/h4-7,12H,3,8-10H2,1-2H3,(H,16,19)/t12-/m1/s1. The number of carbonyl (C=O) groups is 2. The minimum absolute atomic E-state index is 0.0535. The number of para-hydroxylation sites is 1. The Kier molecular flexibility index (Phi) is 4.74. The van der Waals surface area contributed by atoms with Crippen molar-refractivity contribution >= 4 is 17.5 Å². The van der Waals surface area contributed by atoms with Crippen LogP contribution in [-0.2, 0) is 20.9 Å². The van der Waals surface area contributed by atoms with Crippen LogP contribution >= 0.6 is 0 Å². The first-order valence-corrected chi connectivity index (χ1v) is 6.81. The number of hydrogen-bond donors (Lipinski definition) is 1. The molecule has 1 aromatic rings. The number of nitrogens with one attached hydrogen (secondary N) is 1. The van der Waals surface area contributed by atoms with Gasteiger partial charge in [0.25, 0.3) is 0 Å².